The third kappa shape index (κ3) is 1.16. The van der Waals surface area contributed by atoms with Crippen molar-refractivity contribution < 1.29 is 0 Å². The Bertz CT molecular complexity index is 955. The van der Waals surface area contributed by atoms with Gasteiger partial charge in [0.15, 0.2) is 0 Å². The van der Waals surface area contributed by atoms with Gasteiger partial charge in [-0.05, 0) is 55.6 Å². The molecule has 0 heterocycles. The van der Waals surface area contributed by atoms with Gasteiger partial charge in [-0.3, -0.25) is 0 Å². The molecule has 0 bridgehead atoms. The van der Waals surface area contributed by atoms with Crippen LogP contribution in [0.3, 0.4) is 0 Å². The molecule has 0 aliphatic heterocycles. The standard InChI is InChI=1S/C20H12/c1-3-7-17-13(5-1)11-15-9-10-16-12-14-6-2-4-8-18(14)20(17)19(15)16/h1-12H. The maximum absolute atomic E-state index is 2.30. The average Bonchev–Trinajstić information content (AvgIpc) is 2.90. The molecule has 0 atom stereocenters. The molecule has 0 aromatic heterocycles. The van der Waals surface area contributed by atoms with Gasteiger partial charge in [0.2, 0.25) is 0 Å². The maximum atomic E-state index is 2.30. The molecule has 0 unspecified atom stereocenters. The zero-order valence-corrected chi connectivity index (χ0v) is 10.9. The van der Waals surface area contributed by atoms with Crippen molar-refractivity contribution in [2.24, 2.45) is 0 Å². The van der Waals surface area contributed by atoms with Crippen LogP contribution in [0.2, 0.25) is 0 Å². The van der Waals surface area contributed by atoms with E-state index < -0.39 is 0 Å². The highest BCUT2D eigenvalue weighted by Gasteiger charge is 2.14. The summed E-state index contributed by atoms with van der Waals surface area (Å²) in [6, 6.07) is 22.0. The van der Waals surface area contributed by atoms with E-state index in [4.69, 9.17) is 0 Å². The number of rotatable bonds is 0. The van der Waals surface area contributed by atoms with E-state index in [1.165, 1.54) is 43.4 Å². The van der Waals surface area contributed by atoms with Crippen LogP contribution in [0.25, 0.3) is 44.5 Å². The quantitative estimate of drug-likeness (QED) is 0.313. The second-order valence-corrected chi connectivity index (χ2v) is 5.46. The first kappa shape index (κ1) is 10.2. The minimum Gasteiger partial charge on any atom is -0.0616 e. The first-order valence-corrected chi connectivity index (χ1v) is 6.97. The Balaban J connectivity index is 2.22. The molecule has 1 aliphatic carbocycles. The number of hydrogen-bond donors (Lipinski definition) is 0. The van der Waals surface area contributed by atoms with Crippen molar-refractivity contribution in [2.75, 3.05) is 0 Å². The zero-order chi connectivity index (χ0) is 13.1. The van der Waals surface area contributed by atoms with Crippen molar-refractivity contribution in [1.29, 1.82) is 0 Å². The predicted octanol–water partition coefficient (Wildman–Crippen LogP) is 5.63. The topological polar surface area (TPSA) is 0 Å². The molecule has 0 N–H and O–H groups in total. The van der Waals surface area contributed by atoms with Gasteiger partial charge in [0, 0.05) is 0 Å². The van der Waals surface area contributed by atoms with E-state index in [0.717, 1.165) is 0 Å². The SMILES string of the molecule is C1=Cc2cc3ccccc3c3c2c1cc1ccccc13. The highest BCUT2D eigenvalue weighted by molar-refractivity contribution is 6.26. The van der Waals surface area contributed by atoms with Gasteiger partial charge in [-0.15, -0.1) is 0 Å². The minimum absolute atomic E-state index is 1.32. The van der Waals surface area contributed by atoms with Crippen LogP contribution >= 0.6 is 0 Å². The number of hydrogen-bond acceptors (Lipinski definition) is 0. The Morgan fingerprint density at radius 2 is 1.00 bits per heavy atom. The highest BCUT2D eigenvalue weighted by atomic mass is 14.2. The Morgan fingerprint density at radius 1 is 0.500 bits per heavy atom. The molecule has 0 radical (unpaired) electrons. The normalized spacial score (nSPS) is 12.8. The summed E-state index contributed by atoms with van der Waals surface area (Å²) >= 11 is 0. The first-order valence-electron chi connectivity index (χ1n) is 6.97. The van der Waals surface area contributed by atoms with Crippen LogP contribution in [0.5, 0.6) is 0 Å². The second kappa shape index (κ2) is 3.49. The van der Waals surface area contributed by atoms with E-state index in [1.54, 1.807) is 0 Å². The van der Waals surface area contributed by atoms with Gasteiger partial charge in [-0.1, -0.05) is 60.7 Å². The van der Waals surface area contributed by atoms with Crippen molar-refractivity contribution in [3.05, 3.63) is 71.8 Å². The predicted molar refractivity (Wildman–Crippen MR) is 87.9 cm³/mol. The van der Waals surface area contributed by atoms with Gasteiger partial charge in [-0.25, -0.2) is 0 Å². The molecule has 92 valence electrons. The lowest BCUT2D eigenvalue weighted by Crippen LogP contribution is -1.85. The van der Waals surface area contributed by atoms with Crippen molar-refractivity contribution in [3.63, 3.8) is 0 Å². The van der Waals surface area contributed by atoms with Crippen LogP contribution < -0.4 is 0 Å². The van der Waals surface area contributed by atoms with Crippen molar-refractivity contribution in [3.8, 4) is 0 Å². The lowest BCUT2D eigenvalue weighted by atomic mass is 9.92. The molecule has 0 spiro atoms. The molecule has 1 aliphatic rings. The molecule has 0 nitrogen and oxygen atoms in total. The Labute approximate surface area is 117 Å². The summed E-state index contributed by atoms with van der Waals surface area (Å²) in [7, 11) is 0. The summed E-state index contributed by atoms with van der Waals surface area (Å²) in [4.78, 5) is 0. The molecule has 0 heteroatoms. The van der Waals surface area contributed by atoms with Crippen molar-refractivity contribution in [1.82, 2.24) is 0 Å². The lowest BCUT2D eigenvalue weighted by molar-refractivity contribution is 1.75. The molecule has 4 aromatic rings. The van der Waals surface area contributed by atoms with Gasteiger partial charge in [0.05, 0.1) is 0 Å². The number of benzene rings is 4. The summed E-state index contributed by atoms with van der Waals surface area (Å²) in [5.41, 5.74) is 2.69. The van der Waals surface area contributed by atoms with Crippen LogP contribution in [-0.2, 0) is 0 Å². The van der Waals surface area contributed by atoms with E-state index in [2.05, 4.69) is 72.8 Å². The zero-order valence-electron chi connectivity index (χ0n) is 10.9. The molecule has 0 fully saturated rings. The van der Waals surface area contributed by atoms with Crippen molar-refractivity contribution in [2.45, 2.75) is 0 Å². The first-order chi connectivity index (χ1) is 9.92. The largest absolute Gasteiger partial charge is 0.0616 e. The molecule has 0 saturated carbocycles. The molecule has 0 saturated heterocycles. The lowest BCUT2D eigenvalue weighted by Gasteiger charge is -2.11. The highest BCUT2D eigenvalue weighted by Crippen LogP contribution is 2.40. The molecular weight excluding hydrogens is 240 g/mol. The average molecular weight is 252 g/mol. The Morgan fingerprint density at radius 3 is 1.55 bits per heavy atom. The summed E-state index contributed by atoms with van der Waals surface area (Å²) in [5, 5.41) is 8.16. The monoisotopic (exact) mass is 252 g/mol. The van der Waals surface area contributed by atoms with Crippen LogP contribution in [-0.4, -0.2) is 0 Å². The second-order valence-electron chi connectivity index (χ2n) is 5.46. The minimum atomic E-state index is 1.32. The van der Waals surface area contributed by atoms with Crippen LogP contribution in [0.4, 0.5) is 0 Å². The van der Waals surface area contributed by atoms with E-state index >= 15 is 0 Å². The molecule has 5 rings (SSSR count). The van der Waals surface area contributed by atoms with E-state index in [1.807, 2.05) is 0 Å². The van der Waals surface area contributed by atoms with Crippen LogP contribution in [0.15, 0.2) is 60.7 Å². The smallest absolute Gasteiger partial charge is 0.00148 e. The fourth-order valence-electron chi connectivity index (χ4n) is 3.49. The van der Waals surface area contributed by atoms with Gasteiger partial charge in [-0.2, -0.15) is 0 Å². The Hall–Kier alpha value is -2.60. The molecule has 4 aromatic carbocycles. The van der Waals surface area contributed by atoms with Crippen LogP contribution in [0, 0.1) is 0 Å². The fourth-order valence-corrected chi connectivity index (χ4v) is 3.49. The molecule has 20 heavy (non-hydrogen) atoms. The van der Waals surface area contributed by atoms with Gasteiger partial charge < -0.3 is 0 Å². The van der Waals surface area contributed by atoms with Crippen molar-refractivity contribution >= 4 is 44.5 Å². The molecular formula is C20H12. The summed E-state index contributed by atoms with van der Waals surface area (Å²) < 4.78 is 0. The third-order valence-electron chi connectivity index (χ3n) is 4.35. The molecule has 0 amide bonds. The van der Waals surface area contributed by atoms with Gasteiger partial charge in [0.25, 0.3) is 0 Å². The maximum Gasteiger partial charge on any atom is -0.00148 e. The summed E-state index contributed by atoms with van der Waals surface area (Å²) in [6.07, 6.45) is 4.48. The van der Waals surface area contributed by atoms with Gasteiger partial charge in [0.1, 0.15) is 0 Å². The fraction of sp³-hybridized carbons (Fsp3) is 0. The van der Waals surface area contributed by atoms with Gasteiger partial charge >= 0.3 is 0 Å². The Kier molecular flexibility index (Phi) is 1.78. The van der Waals surface area contributed by atoms with Crippen LogP contribution in [0.1, 0.15) is 11.1 Å². The summed E-state index contributed by atoms with van der Waals surface area (Å²) in [6.45, 7) is 0. The number of fused-ring (bicyclic) bond motifs is 4. The van der Waals surface area contributed by atoms with E-state index in [9.17, 15) is 0 Å². The summed E-state index contributed by atoms with van der Waals surface area (Å²) in [5.74, 6) is 0. The van der Waals surface area contributed by atoms with E-state index in [-0.39, 0.29) is 0 Å². The van der Waals surface area contributed by atoms with E-state index in [0.29, 0.717) is 0 Å². The third-order valence-corrected chi connectivity index (χ3v) is 4.35.